The number of nitrogens with zero attached hydrogens (tertiary/aromatic N) is 5. The van der Waals surface area contributed by atoms with E-state index < -0.39 is 0 Å². The van der Waals surface area contributed by atoms with Crippen LogP contribution in [0.3, 0.4) is 0 Å². The average molecular weight is 884 g/mol. The fourth-order valence-electron chi connectivity index (χ4n) is 7.95. The van der Waals surface area contributed by atoms with Gasteiger partial charge in [-0.1, -0.05) is 150 Å². The van der Waals surface area contributed by atoms with Crippen LogP contribution in [-0.4, -0.2) is 0 Å². The van der Waals surface area contributed by atoms with Gasteiger partial charge >= 0.3 is 0 Å². The van der Waals surface area contributed by atoms with E-state index in [2.05, 4.69) is 146 Å². The Kier molecular flexibility index (Phi) is 13.7. The van der Waals surface area contributed by atoms with E-state index in [9.17, 15) is 10.5 Å². The zero-order chi connectivity index (χ0) is 49.9. The van der Waals surface area contributed by atoms with Crippen molar-refractivity contribution in [1.82, 2.24) is 0 Å². The fourth-order valence-corrected chi connectivity index (χ4v) is 7.95. The van der Waals surface area contributed by atoms with E-state index in [0.717, 1.165) is 44.5 Å². The number of terminal acetylenes is 1. The van der Waals surface area contributed by atoms with Gasteiger partial charge in [-0.05, 0) is 160 Å². The maximum absolute atomic E-state index is 10.9. The highest BCUT2D eigenvalue weighted by Crippen LogP contribution is 2.37. The molecule has 0 atom stereocenters. The third-order valence-corrected chi connectivity index (χ3v) is 12.1. The van der Waals surface area contributed by atoms with E-state index in [-0.39, 0.29) is 21.7 Å². The smallest absolute Gasteiger partial charge is 0.194 e. The number of hydrogen-bond acceptors (Lipinski definition) is 2. The average Bonchev–Trinajstić information content (AvgIpc) is 3.28. The molecular formula is C63H57N5. The molecule has 6 rings (SSSR count). The molecule has 1 aliphatic rings. The Morgan fingerprint density at radius 3 is 0.912 bits per heavy atom. The van der Waals surface area contributed by atoms with Crippen molar-refractivity contribution in [1.29, 1.82) is 10.5 Å². The highest BCUT2D eigenvalue weighted by atomic mass is 14.7. The molecule has 0 saturated carbocycles. The van der Waals surface area contributed by atoms with E-state index in [1.54, 1.807) is 12.1 Å². The molecule has 68 heavy (non-hydrogen) atoms. The van der Waals surface area contributed by atoms with Crippen LogP contribution in [0.1, 0.15) is 167 Å². The van der Waals surface area contributed by atoms with Crippen LogP contribution in [0.5, 0.6) is 0 Å². The van der Waals surface area contributed by atoms with Crippen molar-refractivity contribution in [3.63, 3.8) is 0 Å². The Bertz CT molecular complexity index is 3280. The molecule has 334 valence electrons. The molecule has 0 N–H and O–H groups in total. The summed E-state index contributed by atoms with van der Waals surface area (Å²) in [4.78, 5) is 12.2. The molecule has 5 heteroatoms. The molecule has 0 aliphatic heterocycles. The zero-order valence-electron chi connectivity index (χ0n) is 41.4. The van der Waals surface area contributed by atoms with Crippen molar-refractivity contribution in [2.45, 2.75) is 105 Å². The van der Waals surface area contributed by atoms with E-state index in [1.165, 1.54) is 0 Å². The molecule has 10 bridgehead atoms. The molecule has 5 aromatic carbocycles. The van der Waals surface area contributed by atoms with E-state index in [0.29, 0.717) is 67.2 Å². The molecule has 5 nitrogen and oxygen atoms in total. The summed E-state index contributed by atoms with van der Waals surface area (Å²) in [5.41, 5.74) is 12.4. The van der Waals surface area contributed by atoms with Gasteiger partial charge in [0.2, 0.25) is 0 Å². The van der Waals surface area contributed by atoms with Gasteiger partial charge in [-0.15, -0.1) is 6.42 Å². The van der Waals surface area contributed by atoms with Crippen LogP contribution >= 0.6 is 0 Å². The van der Waals surface area contributed by atoms with Crippen LogP contribution in [0.15, 0.2) is 91.0 Å². The maximum Gasteiger partial charge on any atom is 0.194 e. The Labute approximate surface area is 405 Å². The lowest BCUT2D eigenvalue weighted by molar-refractivity contribution is 0.589. The Morgan fingerprint density at radius 2 is 0.632 bits per heavy atom. The van der Waals surface area contributed by atoms with Crippen molar-refractivity contribution in [3.05, 3.63) is 209 Å². The van der Waals surface area contributed by atoms with E-state index in [4.69, 9.17) is 26.1 Å². The normalized spacial score (nSPS) is 13.4. The second-order valence-corrected chi connectivity index (χ2v) is 21.6. The van der Waals surface area contributed by atoms with Crippen LogP contribution in [0.2, 0.25) is 0 Å². The molecule has 0 fully saturated rings. The standard InChI is InChI=1S/C63H57N5/c1-17-40-18-41-20-46(19-40)51(38-64)25-42-21-47(34-53(27-42)60(2,3)4)52(39-65)26-43-22-48(35-54(28-43)61(5,6)7)58(67-15)32-45-24-50(37-56(30-45)63(11,12)13)59(68-16)33-44-23-49(57(31-41)66-14)36-55(29-44)62(8,9)10/h1,18-37H,2-13H3. The summed E-state index contributed by atoms with van der Waals surface area (Å²) in [5.74, 6) is 2.75. The summed E-state index contributed by atoms with van der Waals surface area (Å²) in [5, 5.41) is 21.6. The van der Waals surface area contributed by atoms with Gasteiger partial charge < -0.3 is 0 Å². The molecular weight excluding hydrogens is 827 g/mol. The van der Waals surface area contributed by atoms with Crippen LogP contribution in [0.4, 0.5) is 0 Å². The lowest BCUT2D eigenvalue weighted by Gasteiger charge is -2.22. The summed E-state index contributed by atoms with van der Waals surface area (Å²) >= 11 is 0. The number of rotatable bonds is 0. The van der Waals surface area contributed by atoms with Gasteiger partial charge in [-0.2, -0.15) is 10.5 Å². The lowest BCUT2D eigenvalue weighted by atomic mass is 9.83. The minimum atomic E-state index is -0.307. The third kappa shape index (κ3) is 11.4. The number of hydrogen-bond donors (Lipinski definition) is 0. The minimum absolute atomic E-state index is 0.289. The second kappa shape index (κ2) is 19.0. The first kappa shape index (κ1) is 49.2. The summed E-state index contributed by atoms with van der Waals surface area (Å²) in [6, 6.07) is 34.6. The topological polar surface area (TPSA) is 60.7 Å². The molecule has 0 radical (unpaired) electrons. The Morgan fingerprint density at radius 1 is 0.368 bits per heavy atom. The van der Waals surface area contributed by atoms with Crippen LogP contribution in [-0.2, 0) is 21.7 Å². The molecule has 0 amide bonds. The van der Waals surface area contributed by atoms with Crippen LogP contribution < -0.4 is 0 Å². The summed E-state index contributed by atoms with van der Waals surface area (Å²) in [6.07, 6.45) is 15.3. The van der Waals surface area contributed by atoms with Crippen molar-refractivity contribution in [2.24, 2.45) is 0 Å². The van der Waals surface area contributed by atoms with Crippen LogP contribution in [0, 0.1) is 54.7 Å². The highest BCUT2D eigenvalue weighted by Gasteiger charge is 2.22. The van der Waals surface area contributed by atoms with Gasteiger partial charge in [-0.3, -0.25) is 0 Å². The largest absolute Gasteiger partial charge is 0.238 e. The fraction of sp³-hybridized carbons (Fsp3) is 0.254. The predicted octanol–water partition coefficient (Wildman–Crippen LogP) is 16.6. The number of fused-ring (bicyclic) bond motifs is 10. The summed E-state index contributed by atoms with van der Waals surface area (Å²) in [7, 11) is 0. The van der Waals surface area contributed by atoms with Crippen molar-refractivity contribution < 1.29 is 0 Å². The van der Waals surface area contributed by atoms with E-state index >= 15 is 0 Å². The maximum atomic E-state index is 10.9. The molecule has 0 spiro atoms. The Hall–Kier alpha value is -8.19. The predicted molar refractivity (Wildman–Crippen MR) is 285 cm³/mol. The summed E-state index contributed by atoms with van der Waals surface area (Å²) in [6.45, 7) is 51.0. The zero-order valence-corrected chi connectivity index (χ0v) is 41.4. The van der Waals surface area contributed by atoms with Crippen molar-refractivity contribution >= 4 is 58.6 Å². The minimum Gasteiger partial charge on any atom is -0.238 e. The summed E-state index contributed by atoms with van der Waals surface area (Å²) < 4.78 is 0. The quantitative estimate of drug-likeness (QED) is 0.115. The molecule has 0 saturated heterocycles. The van der Waals surface area contributed by atoms with Crippen LogP contribution in [0.25, 0.3) is 73.2 Å². The van der Waals surface area contributed by atoms with Gasteiger partial charge in [0.1, 0.15) is 0 Å². The lowest BCUT2D eigenvalue weighted by Crippen LogP contribution is -2.12. The van der Waals surface area contributed by atoms with Gasteiger partial charge in [0.05, 0.1) is 43.0 Å². The van der Waals surface area contributed by atoms with Gasteiger partial charge in [0, 0.05) is 5.56 Å². The number of allylic oxidation sites excluding steroid dienone is 2. The monoisotopic (exact) mass is 883 g/mol. The first-order valence-corrected chi connectivity index (χ1v) is 22.6. The SMILES string of the molecule is [C-]#[N+]C1=Cc2cc(C#C)cc(c2)C(C#N)=Cc2cc(cc(C(C)(C)C)c2)C(C#N)=Cc2cc(cc(C(C)(C)C)c2)C([N+]#[C-])=Cc2cc(cc(C(C)(C)C)c2)C([N+]#[C-])=Cc2cc1cc(C(C)(C)C)c2. The number of nitriles is 2. The van der Waals surface area contributed by atoms with Crippen molar-refractivity contribution in [2.75, 3.05) is 0 Å². The molecule has 0 unspecified atom stereocenters. The molecule has 0 heterocycles. The van der Waals surface area contributed by atoms with Gasteiger partial charge in [-0.25, -0.2) is 14.5 Å². The van der Waals surface area contributed by atoms with Gasteiger partial charge in [0.15, 0.2) is 17.1 Å². The first-order valence-electron chi connectivity index (χ1n) is 22.6. The second-order valence-electron chi connectivity index (χ2n) is 21.6. The molecule has 5 aromatic rings. The van der Waals surface area contributed by atoms with E-state index in [1.807, 2.05) is 78.9 Å². The molecule has 1 aliphatic carbocycles. The molecule has 0 aromatic heterocycles. The third-order valence-electron chi connectivity index (χ3n) is 12.1. The first-order chi connectivity index (χ1) is 31.8. The highest BCUT2D eigenvalue weighted by molar-refractivity contribution is 5.96. The number of benzene rings is 5. The Balaban J connectivity index is 1.78. The van der Waals surface area contributed by atoms with Gasteiger partial charge in [0.25, 0.3) is 0 Å². The van der Waals surface area contributed by atoms with Crippen molar-refractivity contribution in [3.8, 4) is 24.5 Å².